The minimum absolute atomic E-state index is 0.469. The van der Waals surface area contributed by atoms with E-state index < -0.39 is 0 Å². The number of piperidine rings is 3. The molecule has 3 saturated heterocycles. The Balaban J connectivity index is 1.47. The van der Waals surface area contributed by atoms with E-state index in [0.717, 1.165) is 32.1 Å². The Morgan fingerprint density at radius 1 is 0.962 bits per heavy atom. The van der Waals surface area contributed by atoms with Crippen molar-refractivity contribution in [2.24, 2.45) is 11.8 Å². The second-order valence-electron chi connectivity index (χ2n) is 7.85. The number of benzene rings is 2. The van der Waals surface area contributed by atoms with Crippen LogP contribution in [0.15, 0.2) is 60.7 Å². The van der Waals surface area contributed by atoms with Gasteiger partial charge in [0.15, 0.2) is 0 Å². The van der Waals surface area contributed by atoms with Crippen molar-refractivity contribution in [3.05, 3.63) is 71.8 Å². The summed E-state index contributed by atoms with van der Waals surface area (Å²) in [5.41, 5.74) is 2.78. The van der Waals surface area contributed by atoms with Gasteiger partial charge in [-0.1, -0.05) is 60.7 Å². The van der Waals surface area contributed by atoms with Gasteiger partial charge in [-0.3, -0.25) is 9.80 Å². The van der Waals surface area contributed by atoms with Gasteiger partial charge in [-0.25, -0.2) is 0 Å². The third-order valence-corrected chi connectivity index (χ3v) is 6.06. The maximum absolute atomic E-state index is 5.75. The van der Waals surface area contributed by atoms with E-state index in [9.17, 15) is 0 Å². The molecule has 3 fully saturated rings. The highest BCUT2D eigenvalue weighted by Gasteiger charge is 2.39. The zero-order valence-corrected chi connectivity index (χ0v) is 15.4. The molecule has 0 radical (unpaired) electrons. The summed E-state index contributed by atoms with van der Waals surface area (Å²) in [6.45, 7) is 5.44. The highest BCUT2D eigenvalue weighted by Crippen LogP contribution is 2.36. The van der Waals surface area contributed by atoms with Crippen molar-refractivity contribution in [3.8, 4) is 12.3 Å². The first-order valence-corrected chi connectivity index (χ1v) is 9.82. The third-order valence-electron chi connectivity index (χ3n) is 6.06. The summed E-state index contributed by atoms with van der Waals surface area (Å²) in [5.74, 6) is 4.23. The van der Waals surface area contributed by atoms with E-state index >= 15 is 0 Å². The molecule has 0 N–H and O–H groups in total. The quantitative estimate of drug-likeness (QED) is 0.730. The van der Waals surface area contributed by atoms with Crippen molar-refractivity contribution in [1.82, 2.24) is 9.80 Å². The van der Waals surface area contributed by atoms with Gasteiger partial charge in [0.2, 0.25) is 0 Å². The normalized spacial score (nSPS) is 27.4. The largest absolute Gasteiger partial charge is 0.298 e. The lowest BCUT2D eigenvalue weighted by Gasteiger charge is -2.49. The Morgan fingerprint density at radius 2 is 1.58 bits per heavy atom. The van der Waals surface area contributed by atoms with Crippen LogP contribution < -0.4 is 0 Å². The second kappa shape index (κ2) is 8.08. The molecule has 3 aliphatic rings. The van der Waals surface area contributed by atoms with Crippen molar-refractivity contribution in [1.29, 1.82) is 0 Å². The van der Waals surface area contributed by atoms with Gasteiger partial charge in [-0.2, -0.15) is 0 Å². The summed E-state index contributed by atoms with van der Waals surface area (Å²) in [6, 6.07) is 22.3. The van der Waals surface area contributed by atoms with E-state index in [1.165, 1.54) is 30.5 Å². The van der Waals surface area contributed by atoms with E-state index in [1.807, 2.05) is 0 Å². The van der Waals surface area contributed by atoms with Crippen molar-refractivity contribution < 1.29 is 0 Å². The van der Waals surface area contributed by atoms with Crippen LogP contribution in [-0.2, 0) is 13.1 Å². The lowest BCUT2D eigenvalue weighted by atomic mass is 9.76. The Labute approximate surface area is 157 Å². The van der Waals surface area contributed by atoms with Crippen LogP contribution in [0.2, 0.25) is 0 Å². The van der Waals surface area contributed by atoms with Gasteiger partial charge in [0, 0.05) is 38.1 Å². The molecule has 5 rings (SSSR count). The maximum atomic E-state index is 5.75. The molecular formula is C24H28N2. The van der Waals surface area contributed by atoms with Crippen LogP contribution in [0.25, 0.3) is 0 Å². The van der Waals surface area contributed by atoms with Gasteiger partial charge in [-0.05, 0) is 36.4 Å². The average Bonchev–Trinajstić information content (AvgIpc) is 2.70. The van der Waals surface area contributed by atoms with Crippen LogP contribution in [-0.4, -0.2) is 35.5 Å². The molecule has 2 bridgehead atoms. The zero-order chi connectivity index (χ0) is 17.8. The molecule has 0 amide bonds. The minimum atomic E-state index is 0.469. The topological polar surface area (TPSA) is 6.48 Å². The molecule has 0 spiro atoms. The number of nitrogens with zero attached hydrogens (tertiary/aromatic N) is 2. The van der Waals surface area contributed by atoms with Gasteiger partial charge in [-0.15, -0.1) is 12.3 Å². The molecular weight excluding hydrogens is 316 g/mol. The van der Waals surface area contributed by atoms with E-state index in [0.29, 0.717) is 12.0 Å². The lowest BCUT2D eigenvalue weighted by Crippen LogP contribution is -2.56. The Bertz CT molecular complexity index is 692. The van der Waals surface area contributed by atoms with E-state index in [1.54, 1.807) is 0 Å². The van der Waals surface area contributed by atoms with Crippen molar-refractivity contribution >= 4 is 0 Å². The second-order valence-corrected chi connectivity index (χ2v) is 7.85. The number of rotatable bonds is 6. The molecule has 26 heavy (non-hydrogen) atoms. The molecule has 1 unspecified atom stereocenters. The molecule has 2 heteroatoms. The average molecular weight is 345 g/mol. The van der Waals surface area contributed by atoms with E-state index in [4.69, 9.17) is 6.42 Å². The summed E-state index contributed by atoms with van der Waals surface area (Å²) >= 11 is 0. The van der Waals surface area contributed by atoms with E-state index in [-0.39, 0.29) is 0 Å². The Kier molecular flexibility index (Phi) is 5.39. The predicted octanol–water partition coefficient (Wildman–Crippen LogP) is 4.03. The van der Waals surface area contributed by atoms with Crippen molar-refractivity contribution in [2.75, 3.05) is 19.6 Å². The molecule has 3 aliphatic heterocycles. The number of fused-ring (bicyclic) bond motifs is 3. The molecule has 2 aromatic carbocycles. The summed E-state index contributed by atoms with van der Waals surface area (Å²) in [5, 5.41) is 0. The highest BCUT2D eigenvalue weighted by molar-refractivity contribution is 5.17. The fourth-order valence-corrected chi connectivity index (χ4v) is 4.68. The van der Waals surface area contributed by atoms with Crippen molar-refractivity contribution in [2.45, 2.75) is 32.0 Å². The van der Waals surface area contributed by atoms with Crippen LogP contribution >= 0.6 is 0 Å². The van der Waals surface area contributed by atoms with E-state index in [2.05, 4.69) is 76.4 Å². The van der Waals surface area contributed by atoms with Crippen LogP contribution in [0.3, 0.4) is 0 Å². The Hall–Kier alpha value is -2.08. The molecule has 0 saturated carbocycles. The lowest BCUT2D eigenvalue weighted by molar-refractivity contribution is 0.00286. The summed E-state index contributed by atoms with van der Waals surface area (Å²) in [4.78, 5) is 5.26. The van der Waals surface area contributed by atoms with Gasteiger partial charge < -0.3 is 0 Å². The molecule has 2 aromatic rings. The zero-order valence-electron chi connectivity index (χ0n) is 15.4. The fourth-order valence-electron chi connectivity index (χ4n) is 4.68. The smallest absolute Gasteiger partial charge is 0.0356 e. The van der Waals surface area contributed by atoms with Gasteiger partial charge in [0.25, 0.3) is 0 Å². The summed E-state index contributed by atoms with van der Waals surface area (Å²) in [6.07, 6.45) is 8.29. The highest BCUT2D eigenvalue weighted by atomic mass is 15.2. The number of hydrogen-bond acceptors (Lipinski definition) is 2. The standard InChI is InChI=1S/C24H28N2/c1-2-22-18-26-14-13-23(22)15-24(26)19-25(16-20-9-5-3-6-10-20)17-21-11-7-4-8-12-21/h1,3-12,22-24H,13-19H2/t22-,23+,24-/m1/s1. The number of hydrogen-bond donors (Lipinski definition) is 0. The first-order valence-electron chi connectivity index (χ1n) is 9.82. The summed E-state index contributed by atoms with van der Waals surface area (Å²) in [7, 11) is 0. The maximum Gasteiger partial charge on any atom is 0.0356 e. The van der Waals surface area contributed by atoms with Crippen LogP contribution in [0.1, 0.15) is 24.0 Å². The molecule has 3 heterocycles. The molecule has 4 atom stereocenters. The monoisotopic (exact) mass is 344 g/mol. The molecule has 0 aliphatic carbocycles. The molecule has 2 nitrogen and oxygen atoms in total. The molecule has 0 aromatic heterocycles. The first-order chi connectivity index (χ1) is 12.8. The fraction of sp³-hybridized carbons (Fsp3) is 0.417. The molecule has 134 valence electrons. The Morgan fingerprint density at radius 3 is 2.08 bits per heavy atom. The van der Waals surface area contributed by atoms with Crippen molar-refractivity contribution in [3.63, 3.8) is 0 Å². The SMILES string of the molecule is C#C[C@@H]1CN2CC[C@H]1C[C@@H]2CN(Cc1ccccc1)Cc1ccccc1. The number of terminal acetylenes is 1. The predicted molar refractivity (Wildman–Crippen MR) is 107 cm³/mol. The van der Waals surface area contributed by atoms with Gasteiger partial charge in [0.1, 0.15) is 0 Å². The summed E-state index contributed by atoms with van der Waals surface area (Å²) < 4.78 is 0. The van der Waals surface area contributed by atoms with Crippen LogP contribution in [0.4, 0.5) is 0 Å². The van der Waals surface area contributed by atoms with Crippen LogP contribution in [0, 0.1) is 24.2 Å². The van der Waals surface area contributed by atoms with Gasteiger partial charge >= 0.3 is 0 Å². The first kappa shape index (κ1) is 17.3. The third kappa shape index (κ3) is 4.01. The van der Waals surface area contributed by atoms with Crippen LogP contribution in [0.5, 0.6) is 0 Å². The van der Waals surface area contributed by atoms with Gasteiger partial charge in [0.05, 0.1) is 0 Å². The minimum Gasteiger partial charge on any atom is -0.298 e.